The van der Waals surface area contributed by atoms with Gasteiger partial charge in [0.1, 0.15) is 0 Å². The van der Waals surface area contributed by atoms with Gasteiger partial charge in [0.15, 0.2) is 0 Å². The number of nitrogen functional groups attached to an aromatic ring is 1. The Kier molecular flexibility index (Phi) is 4.63. The summed E-state index contributed by atoms with van der Waals surface area (Å²) in [5.41, 5.74) is 9.48. The van der Waals surface area contributed by atoms with Crippen LogP contribution < -0.4 is 5.73 Å². The molecule has 1 aromatic heterocycles. The van der Waals surface area contributed by atoms with E-state index in [4.69, 9.17) is 5.73 Å². The van der Waals surface area contributed by atoms with Crippen molar-refractivity contribution in [1.82, 2.24) is 14.4 Å². The van der Waals surface area contributed by atoms with Gasteiger partial charge in [-0.05, 0) is 58.1 Å². The summed E-state index contributed by atoms with van der Waals surface area (Å²) in [5.74, 6) is 0. The van der Waals surface area contributed by atoms with E-state index in [1.54, 1.807) is 0 Å². The number of nitrogens with two attached hydrogens (primary N) is 1. The van der Waals surface area contributed by atoms with Gasteiger partial charge < -0.3 is 15.2 Å². The fraction of sp³-hybridized carbons (Fsp3) is 0.455. The lowest BCUT2D eigenvalue weighted by Gasteiger charge is -2.42. The van der Waals surface area contributed by atoms with E-state index < -0.39 is 0 Å². The first-order chi connectivity index (χ1) is 12.5. The van der Waals surface area contributed by atoms with Crippen LogP contribution in [-0.4, -0.2) is 53.1 Å². The number of piperazine rings is 1. The minimum Gasteiger partial charge on any atom is -0.399 e. The number of hydrogen-bond acceptors (Lipinski definition) is 3. The summed E-state index contributed by atoms with van der Waals surface area (Å²) in [6.07, 6.45) is 1.17. The molecule has 4 heteroatoms. The third-order valence-corrected chi connectivity index (χ3v) is 6.09. The molecule has 3 aromatic rings. The number of aromatic nitrogens is 1. The van der Waals surface area contributed by atoms with Crippen LogP contribution in [-0.2, 0) is 6.54 Å². The Labute approximate surface area is 156 Å². The third kappa shape index (κ3) is 3.08. The number of hydrogen-bond donors (Lipinski definition) is 1. The monoisotopic (exact) mass is 350 g/mol. The van der Waals surface area contributed by atoms with E-state index in [9.17, 15) is 0 Å². The molecule has 1 aliphatic heterocycles. The average molecular weight is 351 g/mol. The third-order valence-electron chi connectivity index (χ3n) is 6.09. The zero-order chi connectivity index (χ0) is 18.3. The first-order valence-electron chi connectivity index (χ1n) is 9.75. The fourth-order valence-electron chi connectivity index (χ4n) is 4.46. The van der Waals surface area contributed by atoms with Crippen LogP contribution in [0.15, 0.2) is 42.5 Å². The Morgan fingerprint density at radius 1 is 0.923 bits per heavy atom. The van der Waals surface area contributed by atoms with Gasteiger partial charge in [0.2, 0.25) is 0 Å². The molecule has 1 aliphatic rings. The van der Waals surface area contributed by atoms with Crippen molar-refractivity contribution in [1.29, 1.82) is 0 Å². The molecule has 0 aliphatic carbocycles. The quantitative estimate of drug-likeness (QED) is 0.728. The molecule has 0 amide bonds. The number of nitrogens with zero attached hydrogens (tertiary/aromatic N) is 3. The van der Waals surface area contributed by atoms with Crippen molar-refractivity contribution in [3.8, 4) is 0 Å². The van der Waals surface area contributed by atoms with Gasteiger partial charge >= 0.3 is 0 Å². The molecule has 138 valence electrons. The maximum Gasteiger partial charge on any atom is 0.0492 e. The maximum atomic E-state index is 6.04. The minimum atomic E-state index is 0.634. The normalized spacial score (nSPS) is 22.4. The topological polar surface area (TPSA) is 37.4 Å². The summed E-state index contributed by atoms with van der Waals surface area (Å²) in [6.45, 7) is 9.21. The summed E-state index contributed by atoms with van der Waals surface area (Å²) in [4.78, 5) is 5.12. The number of fused-ring (bicyclic) bond motifs is 3. The molecule has 4 rings (SSSR count). The molecular formula is C22H30N4. The van der Waals surface area contributed by atoms with Crippen LogP contribution >= 0.6 is 0 Å². The van der Waals surface area contributed by atoms with E-state index in [1.165, 1.54) is 41.3 Å². The maximum absolute atomic E-state index is 6.04. The van der Waals surface area contributed by atoms with Gasteiger partial charge in [-0.3, -0.25) is 4.90 Å². The molecule has 2 N–H and O–H groups in total. The number of benzene rings is 2. The van der Waals surface area contributed by atoms with Crippen molar-refractivity contribution in [3.63, 3.8) is 0 Å². The minimum absolute atomic E-state index is 0.634. The van der Waals surface area contributed by atoms with Crippen molar-refractivity contribution in [2.45, 2.75) is 38.9 Å². The molecule has 2 aromatic carbocycles. The number of para-hydroxylation sites is 1. The first-order valence-corrected chi connectivity index (χ1v) is 9.75. The Hall–Kier alpha value is -2.04. The number of rotatable bonds is 4. The number of likely N-dealkylation sites (N-methyl/N-ethyl adjacent to an activating group) is 1. The van der Waals surface area contributed by atoms with E-state index in [2.05, 4.69) is 71.7 Å². The lowest BCUT2D eigenvalue weighted by Crippen LogP contribution is -2.55. The predicted molar refractivity (Wildman–Crippen MR) is 112 cm³/mol. The van der Waals surface area contributed by atoms with Crippen LogP contribution in [0, 0.1) is 0 Å². The van der Waals surface area contributed by atoms with Gasteiger partial charge in [-0.1, -0.05) is 18.2 Å². The zero-order valence-corrected chi connectivity index (χ0v) is 16.2. The van der Waals surface area contributed by atoms with Gasteiger partial charge in [-0.2, -0.15) is 0 Å². The summed E-state index contributed by atoms with van der Waals surface area (Å²) in [7, 11) is 2.25. The highest BCUT2D eigenvalue weighted by Crippen LogP contribution is 2.30. The molecule has 0 radical (unpaired) electrons. The highest BCUT2D eigenvalue weighted by atomic mass is 15.3. The van der Waals surface area contributed by atoms with E-state index in [0.29, 0.717) is 12.1 Å². The highest BCUT2D eigenvalue weighted by molar-refractivity contribution is 6.08. The fourth-order valence-corrected chi connectivity index (χ4v) is 4.46. The molecule has 26 heavy (non-hydrogen) atoms. The second kappa shape index (κ2) is 6.93. The lowest BCUT2D eigenvalue weighted by molar-refractivity contribution is 0.0589. The van der Waals surface area contributed by atoms with Crippen LogP contribution in [0.1, 0.15) is 20.3 Å². The Balaban J connectivity index is 1.54. The van der Waals surface area contributed by atoms with Crippen LogP contribution in [0.5, 0.6) is 0 Å². The van der Waals surface area contributed by atoms with Crippen LogP contribution in [0.3, 0.4) is 0 Å². The molecule has 0 unspecified atom stereocenters. The van der Waals surface area contributed by atoms with E-state index in [-0.39, 0.29) is 0 Å². The predicted octanol–water partition coefficient (Wildman–Crippen LogP) is 3.79. The van der Waals surface area contributed by atoms with Crippen molar-refractivity contribution in [2.24, 2.45) is 0 Å². The van der Waals surface area contributed by atoms with Crippen molar-refractivity contribution < 1.29 is 0 Å². The van der Waals surface area contributed by atoms with E-state index in [1.807, 2.05) is 6.07 Å². The molecule has 0 spiro atoms. The second-order valence-electron chi connectivity index (χ2n) is 7.92. The highest BCUT2D eigenvalue weighted by Gasteiger charge is 2.25. The molecule has 0 bridgehead atoms. The van der Waals surface area contributed by atoms with Crippen molar-refractivity contribution in [2.75, 3.05) is 32.4 Å². The smallest absolute Gasteiger partial charge is 0.0492 e. The molecule has 2 atom stereocenters. The largest absolute Gasteiger partial charge is 0.399 e. The number of aryl methyl sites for hydroxylation is 1. The van der Waals surface area contributed by atoms with Gasteiger partial charge in [0.05, 0.1) is 0 Å². The van der Waals surface area contributed by atoms with Crippen LogP contribution in [0.25, 0.3) is 21.8 Å². The molecule has 4 nitrogen and oxygen atoms in total. The zero-order valence-electron chi connectivity index (χ0n) is 16.2. The van der Waals surface area contributed by atoms with Crippen LogP contribution in [0.4, 0.5) is 5.69 Å². The Bertz CT molecular complexity index is 901. The first kappa shape index (κ1) is 17.4. The molecule has 0 saturated carbocycles. The Morgan fingerprint density at radius 3 is 2.38 bits per heavy atom. The molecule has 1 fully saturated rings. The van der Waals surface area contributed by atoms with E-state index in [0.717, 1.165) is 18.8 Å². The van der Waals surface area contributed by atoms with Crippen molar-refractivity contribution in [3.05, 3.63) is 42.5 Å². The van der Waals surface area contributed by atoms with Crippen molar-refractivity contribution >= 4 is 27.5 Å². The molecular weight excluding hydrogens is 320 g/mol. The Morgan fingerprint density at radius 2 is 1.62 bits per heavy atom. The summed E-state index contributed by atoms with van der Waals surface area (Å²) < 4.78 is 2.47. The van der Waals surface area contributed by atoms with Gasteiger partial charge in [-0.15, -0.1) is 0 Å². The van der Waals surface area contributed by atoms with E-state index >= 15 is 0 Å². The lowest BCUT2D eigenvalue weighted by atomic mass is 10.1. The summed E-state index contributed by atoms with van der Waals surface area (Å²) in [5, 5.41) is 2.57. The summed E-state index contributed by atoms with van der Waals surface area (Å²) >= 11 is 0. The SMILES string of the molecule is C[C@@H]1CN(CCCn2c3ccccc3c3cc(N)ccc32)C[C@H](C)N1C. The van der Waals surface area contributed by atoms with Gasteiger partial charge in [0, 0.05) is 59.2 Å². The average Bonchev–Trinajstić information content (AvgIpc) is 2.93. The van der Waals surface area contributed by atoms with Gasteiger partial charge in [0.25, 0.3) is 0 Å². The standard InChI is InChI=1S/C22H30N4/c1-16-14-25(15-17(2)24(16)3)11-6-12-26-21-8-5-4-7-19(21)20-13-18(23)9-10-22(20)26/h4-5,7-10,13,16-17H,6,11-12,14-15,23H2,1-3H3/t16-,17+. The molecule has 2 heterocycles. The van der Waals surface area contributed by atoms with Gasteiger partial charge in [-0.25, -0.2) is 0 Å². The molecule has 1 saturated heterocycles. The second-order valence-corrected chi connectivity index (χ2v) is 7.92. The number of anilines is 1. The summed E-state index contributed by atoms with van der Waals surface area (Å²) in [6, 6.07) is 16.2. The van der Waals surface area contributed by atoms with Crippen LogP contribution in [0.2, 0.25) is 0 Å².